The van der Waals surface area contributed by atoms with Gasteiger partial charge in [-0.2, -0.15) is 0 Å². The van der Waals surface area contributed by atoms with Crippen molar-refractivity contribution in [3.63, 3.8) is 0 Å². The van der Waals surface area contributed by atoms with Gasteiger partial charge in [-0.1, -0.05) is 72.8 Å². The molecule has 39 heavy (non-hydrogen) atoms. The Morgan fingerprint density at radius 2 is 1.56 bits per heavy atom. The first-order valence-corrected chi connectivity index (χ1v) is 13.6. The highest BCUT2D eigenvalue weighted by Gasteiger charge is 2.32. The molecule has 5 nitrogen and oxygen atoms in total. The van der Waals surface area contributed by atoms with Gasteiger partial charge in [0.15, 0.2) is 6.61 Å². The van der Waals surface area contributed by atoms with E-state index >= 15 is 0 Å². The molecule has 0 saturated heterocycles. The third kappa shape index (κ3) is 7.67. The number of ether oxygens (including phenoxy) is 1. The largest absolute Gasteiger partial charge is 0.483 e. The topological polar surface area (TPSA) is 58.6 Å². The van der Waals surface area contributed by atoms with Gasteiger partial charge in [0.1, 0.15) is 17.6 Å². The van der Waals surface area contributed by atoms with Gasteiger partial charge in [0, 0.05) is 18.5 Å². The molecule has 4 aromatic rings. The summed E-state index contributed by atoms with van der Waals surface area (Å²) in [5.74, 6) is -0.465. The van der Waals surface area contributed by atoms with Gasteiger partial charge in [0.05, 0.1) is 4.47 Å². The molecule has 0 radical (unpaired) electrons. The minimum Gasteiger partial charge on any atom is -0.483 e. The number of benzene rings is 4. The van der Waals surface area contributed by atoms with Gasteiger partial charge in [-0.15, -0.1) is 0 Å². The van der Waals surface area contributed by atoms with Crippen LogP contribution in [0.4, 0.5) is 4.39 Å². The van der Waals surface area contributed by atoms with Gasteiger partial charge >= 0.3 is 0 Å². The number of carbonyl (C=O) groups excluding carboxylic acids is 2. The summed E-state index contributed by atoms with van der Waals surface area (Å²) in [5.41, 5.74) is 1.13. The van der Waals surface area contributed by atoms with Crippen molar-refractivity contribution in [1.29, 1.82) is 0 Å². The summed E-state index contributed by atoms with van der Waals surface area (Å²) in [6.07, 6.45) is 0.315. The summed E-state index contributed by atoms with van der Waals surface area (Å²) in [5, 5.41) is 5.05. The minimum atomic E-state index is -0.812. The second-order valence-corrected chi connectivity index (χ2v) is 11.3. The Labute approximate surface area is 237 Å². The zero-order chi connectivity index (χ0) is 28.0. The van der Waals surface area contributed by atoms with Crippen LogP contribution in [0.1, 0.15) is 31.9 Å². The molecule has 1 atom stereocenters. The van der Waals surface area contributed by atoms with Crippen molar-refractivity contribution < 1.29 is 18.7 Å². The Bertz CT molecular complexity index is 1440. The summed E-state index contributed by atoms with van der Waals surface area (Å²) < 4.78 is 20.4. The Hall–Kier alpha value is -3.71. The van der Waals surface area contributed by atoms with E-state index in [-0.39, 0.29) is 30.8 Å². The second-order valence-electron chi connectivity index (χ2n) is 10.5. The molecule has 0 unspecified atom stereocenters. The maximum atomic E-state index is 13.8. The Balaban J connectivity index is 1.65. The lowest BCUT2D eigenvalue weighted by molar-refractivity contribution is -0.143. The average Bonchev–Trinajstić information content (AvgIpc) is 2.91. The second kappa shape index (κ2) is 12.4. The van der Waals surface area contributed by atoms with Gasteiger partial charge in [-0.3, -0.25) is 9.59 Å². The Morgan fingerprint density at radius 3 is 2.26 bits per heavy atom. The van der Waals surface area contributed by atoms with Crippen molar-refractivity contribution in [2.45, 2.75) is 45.3 Å². The molecular formula is C32H32BrFN2O3. The first-order valence-electron chi connectivity index (χ1n) is 12.8. The quantitative estimate of drug-likeness (QED) is 0.237. The molecule has 4 rings (SSSR count). The number of amides is 2. The number of hydrogen-bond acceptors (Lipinski definition) is 3. The van der Waals surface area contributed by atoms with Crippen molar-refractivity contribution in [2.75, 3.05) is 6.61 Å². The standard InChI is InChI=1S/C32H32BrFN2O3/c1-32(2,3)35-31(38)27(19-22-9-5-4-6-10-22)36(20-23-13-16-25(34)17-14-23)29(37)21-39-28-18-15-24-11-7-8-12-26(24)30(28)33/h4-18,27H,19-21H2,1-3H3,(H,35,38)/t27-/m1/s1. The number of nitrogens with zero attached hydrogens (tertiary/aromatic N) is 1. The fraction of sp³-hybridized carbons (Fsp3) is 0.250. The number of rotatable bonds is 9. The number of halogens is 2. The zero-order valence-corrected chi connectivity index (χ0v) is 23.9. The van der Waals surface area contributed by atoms with E-state index in [1.165, 1.54) is 17.0 Å². The van der Waals surface area contributed by atoms with Crippen LogP contribution in [-0.2, 0) is 22.6 Å². The van der Waals surface area contributed by atoms with E-state index < -0.39 is 11.6 Å². The molecule has 2 amide bonds. The summed E-state index contributed by atoms with van der Waals surface area (Å²) in [6.45, 7) is 5.55. The van der Waals surface area contributed by atoms with E-state index in [1.807, 2.05) is 87.5 Å². The molecule has 1 N–H and O–H groups in total. The molecule has 0 heterocycles. The predicted octanol–water partition coefficient (Wildman–Crippen LogP) is 6.68. The lowest BCUT2D eigenvalue weighted by Crippen LogP contribution is -2.55. The molecule has 0 saturated carbocycles. The summed E-state index contributed by atoms with van der Waals surface area (Å²) in [6, 6.07) is 26.3. The van der Waals surface area contributed by atoms with Gasteiger partial charge in [0.2, 0.25) is 5.91 Å². The average molecular weight is 592 g/mol. The van der Waals surface area contributed by atoms with Crippen molar-refractivity contribution in [1.82, 2.24) is 10.2 Å². The smallest absolute Gasteiger partial charge is 0.261 e. The third-order valence-corrected chi connectivity index (χ3v) is 7.03. The van der Waals surface area contributed by atoms with Crippen LogP contribution in [0.2, 0.25) is 0 Å². The molecule has 0 aliphatic carbocycles. The van der Waals surface area contributed by atoms with Crippen LogP contribution in [0.5, 0.6) is 5.75 Å². The van der Waals surface area contributed by atoms with Crippen LogP contribution in [-0.4, -0.2) is 34.9 Å². The molecule has 0 aliphatic rings. The van der Waals surface area contributed by atoms with Gasteiger partial charge in [0.25, 0.3) is 5.91 Å². The summed E-state index contributed by atoms with van der Waals surface area (Å²) in [4.78, 5) is 28.9. The van der Waals surface area contributed by atoms with E-state index in [2.05, 4.69) is 21.2 Å². The summed E-state index contributed by atoms with van der Waals surface area (Å²) in [7, 11) is 0. The van der Waals surface area contributed by atoms with E-state index in [4.69, 9.17) is 4.74 Å². The fourth-order valence-corrected chi connectivity index (χ4v) is 4.95. The van der Waals surface area contributed by atoms with Crippen LogP contribution in [0.15, 0.2) is 95.5 Å². The van der Waals surface area contributed by atoms with Crippen molar-refractivity contribution in [3.05, 3.63) is 112 Å². The van der Waals surface area contributed by atoms with Gasteiger partial charge in [-0.25, -0.2) is 4.39 Å². The molecule has 0 bridgehead atoms. The zero-order valence-electron chi connectivity index (χ0n) is 22.3. The first kappa shape index (κ1) is 28.3. The predicted molar refractivity (Wildman–Crippen MR) is 156 cm³/mol. The highest BCUT2D eigenvalue weighted by atomic mass is 79.9. The maximum Gasteiger partial charge on any atom is 0.261 e. The molecule has 7 heteroatoms. The number of fused-ring (bicyclic) bond motifs is 1. The molecule has 0 aromatic heterocycles. The molecule has 0 aliphatic heterocycles. The van der Waals surface area contributed by atoms with Crippen molar-refractivity contribution in [3.8, 4) is 5.75 Å². The summed E-state index contributed by atoms with van der Waals surface area (Å²) >= 11 is 3.61. The van der Waals surface area contributed by atoms with Crippen molar-refractivity contribution >= 4 is 38.5 Å². The Kier molecular flexibility index (Phi) is 9.02. The lowest BCUT2D eigenvalue weighted by atomic mass is 10.0. The highest BCUT2D eigenvalue weighted by Crippen LogP contribution is 2.33. The SMILES string of the molecule is CC(C)(C)NC(=O)[C@@H](Cc1ccccc1)N(Cc1ccc(F)cc1)C(=O)COc1ccc2ccccc2c1Br. The monoisotopic (exact) mass is 590 g/mol. The molecular weight excluding hydrogens is 559 g/mol. The van der Waals surface area contributed by atoms with Gasteiger partial charge < -0.3 is 15.0 Å². The van der Waals surface area contributed by atoms with Crippen LogP contribution in [0.25, 0.3) is 10.8 Å². The molecule has 0 fully saturated rings. The highest BCUT2D eigenvalue weighted by molar-refractivity contribution is 9.10. The lowest BCUT2D eigenvalue weighted by Gasteiger charge is -2.33. The van der Waals surface area contributed by atoms with Gasteiger partial charge in [-0.05, 0) is 76.8 Å². The Morgan fingerprint density at radius 1 is 0.897 bits per heavy atom. The van der Waals surface area contributed by atoms with E-state index in [0.717, 1.165) is 20.8 Å². The van der Waals surface area contributed by atoms with E-state index in [0.29, 0.717) is 17.7 Å². The normalized spacial score (nSPS) is 12.1. The third-order valence-electron chi connectivity index (χ3n) is 6.21. The number of nitrogens with one attached hydrogen (secondary N) is 1. The van der Waals surface area contributed by atoms with Crippen LogP contribution in [0, 0.1) is 5.82 Å². The molecule has 4 aromatic carbocycles. The van der Waals surface area contributed by atoms with Crippen molar-refractivity contribution in [2.24, 2.45) is 0 Å². The molecule has 202 valence electrons. The fourth-order valence-electron chi connectivity index (χ4n) is 4.34. The number of hydrogen-bond donors (Lipinski definition) is 1. The van der Waals surface area contributed by atoms with E-state index in [9.17, 15) is 14.0 Å². The van der Waals surface area contributed by atoms with Crippen LogP contribution >= 0.6 is 15.9 Å². The minimum absolute atomic E-state index is 0.121. The maximum absolute atomic E-state index is 13.8. The van der Waals surface area contributed by atoms with Crippen LogP contribution < -0.4 is 10.1 Å². The first-order chi connectivity index (χ1) is 18.6. The number of carbonyl (C=O) groups is 2. The van der Waals surface area contributed by atoms with Crippen LogP contribution in [0.3, 0.4) is 0 Å². The van der Waals surface area contributed by atoms with E-state index in [1.54, 1.807) is 12.1 Å². The molecule has 0 spiro atoms.